The SMILES string of the molecule is O=[N+]([O-])c1ccc(C=Cc2cc3[nH]c4ccccc4c3o2)o1. The monoisotopic (exact) mass is 294 g/mol. The molecule has 1 N–H and O–H groups in total. The largest absolute Gasteiger partial charge is 0.454 e. The lowest BCUT2D eigenvalue weighted by Gasteiger charge is -1.88. The van der Waals surface area contributed by atoms with E-state index in [-0.39, 0.29) is 5.88 Å². The molecule has 3 heterocycles. The van der Waals surface area contributed by atoms with Gasteiger partial charge in [0.2, 0.25) is 0 Å². The molecule has 108 valence electrons. The van der Waals surface area contributed by atoms with Gasteiger partial charge in [0.05, 0.1) is 11.6 Å². The van der Waals surface area contributed by atoms with E-state index in [4.69, 9.17) is 8.83 Å². The molecule has 0 unspecified atom stereocenters. The molecule has 0 spiro atoms. The number of para-hydroxylation sites is 1. The van der Waals surface area contributed by atoms with Crippen molar-refractivity contribution < 1.29 is 13.8 Å². The van der Waals surface area contributed by atoms with Crippen LogP contribution >= 0.6 is 0 Å². The second kappa shape index (κ2) is 4.63. The fraction of sp³-hybridized carbons (Fsp3) is 0. The summed E-state index contributed by atoms with van der Waals surface area (Å²) in [4.78, 5) is 13.3. The standard InChI is InChI=1S/C16H10N2O4/c19-18(20)15-8-7-10(21-15)5-6-11-9-14-16(22-11)12-3-1-2-4-13(12)17-14/h1-9,17H. The molecule has 0 saturated heterocycles. The Balaban J connectivity index is 1.68. The van der Waals surface area contributed by atoms with Crippen molar-refractivity contribution >= 4 is 40.0 Å². The fourth-order valence-electron chi connectivity index (χ4n) is 2.41. The number of benzene rings is 1. The van der Waals surface area contributed by atoms with Gasteiger partial charge in [-0.05, 0) is 30.4 Å². The topological polar surface area (TPSA) is 85.2 Å². The number of aromatic amines is 1. The van der Waals surface area contributed by atoms with Crippen molar-refractivity contribution in [2.75, 3.05) is 0 Å². The van der Waals surface area contributed by atoms with E-state index in [2.05, 4.69) is 4.98 Å². The van der Waals surface area contributed by atoms with Crippen LogP contribution in [-0.2, 0) is 0 Å². The van der Waals surface area contributed by atoms with E-state index in [9.17, 15) is 10.1 Å². The molecule has 4 rings (SSSR count). The van der Waals surface area contributed by atoms with E-state index in [0.29, 0.717) is 11.5 Å². The number of hydrogen-bond acceptors (Lipinski definition) is 4. The van der Waals surface area contributed by atoms with E-state index >= 15 is 0 Å². The van der Waals surface area contributed by atoms with Gasteiger partial charge in [-0.15, -0.1) is 0 Å². The van der Waals surface area contributed by atoms with E-state index in [1.165, 1.54) is 6.07 Å². The number of nitrogens with one attached hydrogen (secondary N) is 1. The maximum atomic E-state index is 10.6. The summed E-state index contributed by atoms with van der Waals surface area (Å²) in [7, 11) is 0. The van der Waals surface area contributed by atoms with Crippen molar-refractivity contribution in [2.24, 2.45) is 0 Å². The first-order valence-corrected chi connectivity index (χ1v) is 6.63. The van der Waals surface area contributed by atoms with Gasteiger partial charge >= 0.3 is 5.88 Å². The number of fused-ring (bicyclic) bond motifs is 3. The molecule has 6 nitrogen and oxygen atoms in total. The van der Waals surface area contributed by atoms with Crippen LogP contribution in [0, 0.1) is 10.1 Å². The number of rotatable bonds is 3. The van der Waals surface area contributed by atoms with Crippen LogP contribution in [0.1, 0.15) is 11.5 Å². The number of nitro groups is 1. The normalized spacial score (nSPS) is 11.8. The minimum atomic E-state index is -0.570. The molecular weight excluding hydrogens is 284 g/mol. The number of furan rings is 2. The predicted octanol–water partition coefficient (Wildman–Crippen LogP) is 4.59. The first-order chi connectivity index (χ1) is 10.7. The third-order valence-corrected chi connectivity index (χ3v) is 3.40. The predicted molar refractivity (Wildman–Crippen MR) is 82.4 cm³/mol. The third-order valence-electron chi connectivity index (χ3n) is 3.40. The summed E-state index contributed by atoms with van der Waals surface area (Å²) in [6.07, 6.45) is 3.35. The van der Waals surface area contributed by atoms with Crippen LogP contribution in [0.3, 0.4) is 0 Å². The number of H-pyrrole nitrogens is 1. The first-order valence-electron chi connectivity index (χ1n) is 6.63. The van der Waals surface area contributed by atoms with Crippen molar-refractivity contribution in [3.05, 3.63) is 64.1 Å². The highest BCUT2D eigenvalue weighted by atomic mass is 16.6. The Bertz CT molecular complexity index is 1020. The summed E-state index contributed by atoms with van der Waals surface area (Å²) < 4.78 is 10.9. The van der Waals surface area contributed by atoms with Gasteiger partial charge in [-0.1, -0.05) is 12.1 Å². The molecule has 0 fully saturated rings. The molecule has 0 atom stereocenters. The molecule has 4 aromatic rings. The van der Waals surface area contributed by atoms with Crippen molar-refractivity contribution in [3.8, 4) is 0 Å². The molecule has 6 heteroatoms. The minimum Gasteiger partial charge on any atom is -0.454 e. The average molecular weight is 294 g/mol. The van der Waals surface area contributed by atoms with Crippen molar-refractivity contribution in [2.45, 2.75) is 0 Å². The van der Waals surface area contributed by atoms with E-state index in [1.807, 2.05) is 30.3 Å². The van der Waals surface area contributed by atoms with Crippen LogP contribution in [0.4, 0.5) is 5.88 Å². The average Bonchev–Trinajstić information content (AvgIpc) is 3.19. The summed E-state index contributed by atoms with van der Waals surface area (Å²) >= 11 is 0. The van der Waals surface area contributed by atoms with Crippen molar-refractivity contribution in [3.63, 3.8) is 0 Å². The Hall–Kier alpha value is -3.28. The lowest BCUT2D eigenvalue weighted by molar-refractivity contribution is -0.402. The van der Waals surface area contributed by atoms with Gasteiger partial charge in [-0.2, -0.15) is 0 Å². The molecule has 0 aliphatic rings. The van der Waals surface area contributed by atoms with Crippen LogP contribution in [0.15, 0.2) is 51.3 Å². The molecule has 3 aromatic heterocycles. The molecule has 0 saturated carbocycles. The molecule has 0 radical (unpaired) electrons. The Labute approximate surface area is 123 Å². The zero-order valence-electron chi connectivity index (χ0n) is 11.3. The number of aromatic nitrogens is 1. The maximum absolute atomic E-state index is 10.6. The zero-order valence-corrected chi connectivity index (χ0v) is 11.3. The highest BCUT2D eigenvalue weighted by Crippen LogP contribution is 2.29. The minimum absolute atomic E-state index is 0.280. The highest BCUT2D eigenvalue weighted by molar-refractivity contribution is 6.04. The van der Waals surface area contributed by atoms with Gasteiger partial charge in [-0.25, -0.2) is 0 Å². The lowest BCUT2D eigenvalue weighted by Crippen LogP contribution is -1.82. The third kappa shape index (κ3) is 1.98. The maximum Gasteiger partial charge on any atom is 0.433 e. The van der Waals surface area contributed by atoms with Gasteiger partial charge in [-0.3, -0.25) is 10.1 Å². The Kier molecular flexibility index (Phi) is 2.62. The summed E-state index contributed by atoms with van der Waals surface area (Å²) in [6.45, 7) is 0. The molecule has 22 heavy (non-hydrogen) atoms. The molecule has 0 aliphatic heterocycles. The van der Waals surface area contributed by atoms with Gasteiger partial charge < -0.3 is 13.8 Å². The van der Waals surface area contributed by atoms with Crippen LogP contribution in [-0.4, -0.2) is 9.91 Å². The molecule has 0 bridgehead atoms. The molecular formula is C16H10N2O4. The van der Waals surface area contributed by atoms with E-state index in [0.717, 1.165) is 22.0 Å². The fourth-order valence-corrected chi connectivity index (χ4v) is 2.41. The lowest BCUT2D eigenvalue weighted by atomic mass is 10.2. The Morgan fingerprint density at radius 1 is 1.00 bits per heavy atom. The van der Waals surface area contributed by atoms with Gasteiger partial charge in [0.25, 0.3) is 0 Å². The summed E-state index contributed by atoms with van der Waals surface area (Å²) in [5.74, 6) is 0.764. The second-order valence-electron chi connectivity index (χ2n) is 4.83. The molecule has 0 amide bonds. The van der Waals surface area contributed by atoms with E-state index in [1.54, 1.807) is 18.2 Å². The zero-order chi connectivity index (χ0) is 15.1. The summed E-state index contributed by atoms with van der Waals surface area (Å²) in [6, 6.07) is 12.6. The van der Waals surface area contributed by atoms with Crippen LogP contribution in [0.25, 0.3) is 34.2 Å². The Morgan fingerprint density at radius 2 is 1.82 bits per heavy atom. The summed E-state index contributed by atoms with van der Waals surface area (Å²) in [5, 5.41) is 11.6. The smallest absolute Gasteiger partial charge is 0.433 e. The van der Waals surface area contributed by atoms with Crippen LogP contribution < -0.4 is 0 Å². The number of nitrogens with zero attached hydrogens (tertiary/aromatic N) is 1. The highest BCUT2D eigenvalue weighted by Gasteiger charge is 2.11. The van der Waals surface area contributed by atoms with Gasteiger partial charge in [0, 0.05) is 17.0 Å². The van der Waals surface area contributed by atoms with Crippen LogP contribution in [0.5, 0.6) is 0 Å². The Morgan fingerprint density at radius 3 is 2.64 bits per heavy atom. The number of hydrogen-bond donors (Lipinski definition) is 1. The quantitative estimate of drug-likeness (QED) is 0.442. The van der Waals surface area contributed by atoms with Crippen molar-refractivity contribution in [1.82, 2.24) is 4.98 Å². The van der Waals surface area contributed by atoms with Crippen molar-refractivity contribution in [1.29, 1.82) is 0 Å². The van der Waals surface area contributed by atoms with Gasteiger partial charge in [0.15, 0.2) is 5.58 Å². The molecule has 0 aliphatic carbocycles. The molecule has 1 aromatic carbocycles. The summed E-state index contributed by atoms with van der Waals surface area (Å²) in [5.41, 5.74) is 2.72. The van der Waals surface area contributed by atoms with Crippen LogP contribution in [0.2, 0.25) is 0 Å². The second-order valence-corrected chi connectivity index (χ2v) is 4.83. The first kappa shape index (κ1) is 12.5. The van der Waals surface area contributed by atoms with Gasteiger partial charge in [0.1, 0.15) is 16.4 Å². The van der Waals surface area contributed by atoms with E-state index < -0.39 is 4.92 Å².